The Morgan fingerprint density at radius 1 is 1.27 bits per heavy atom. The summed E-state index contributed by atoms with van der Waals surface area (Å²) in [4.78, 5) is 24.2. The van der Waals surface area contributed by atoms with Crippen molar-refractivity contribution in [2.45, 2.75) is 38.8 Å². The lowest BCUT2D eigenvalue weighted by molar-refractivity contribution is -0.137. The molecule has 1 aromatic carbocycles. The minimum absolute atomic E-state index is 0.0244. The number of rotatable bonds is 9. The minimum Gasteiger partial charge on any atom is -0.481 e. The van der Waals surface area contributed by atoms with Crippen LogP contribution < -0.4 is 5.32 Å². The third-order valence-electron chi connectivity index (χ3n) is 3.25. The lowest BCUT2D eigenvalue weighted by Gasteiger charge is -2.25. The van der Waals surface area contributed by atoms with Crippen molar-refractivity contribution in [3.05, 3.63) is 35.9 Å². The molecule has 6 nitrogen and oxygen atoms in total. The van der Waals surface area contributed by atoms with Crippen LogP contribution in [0.2, 0.25) is 0 Å². The number of hydrogen-bond donors (Lipinski definition) is 3. The van der Waals surface area contributed by atoms with Crippen molar-refractivity contribution in [3.8, 4) is 0 Å². The zero-order chi connectivity index (χ0) is 16.4. The Morgan fingerprint density at radius 2 is 1.95 bits per heavy atom. The summed E-state index contributed by atoms with van der Waals surface area (Å²) in [6, 6.07) is 9.25. The molecule has 0 aliphatic heterocycles. The number of urea groups is 1. The fourth-order valence-corrected chi connectivity index (χ4v) is 1.95. The van der Waals surface area contributed by atoms with Crippen LogP contribution in [0.3, 0.4) is 0 Å². The monoisotopic (exact) mass is 308 g/mol. The van der Waals surface area contributed by atoms with Crippen molar-refractivity contribution >= 4 is 12.0 Å². The molecular weight excluding hydrogens is 284 g/mol. The number of aliphatic hydroxyl groups excluding tert-OH is 1. The van der Waals surface area contributed by atoms with E-state index in [2.05, 4.69) is 5.32 Å². The normalized spacial score (nSPS) is 11.7. The van der Waals surface area contributed by atoms with E-state index in [1.54, 1.807) is 4.90 Å². The summed E-state index contributed by atoms with van der Waals surface area (Å²) < 4.78 is 0. The average molecular weight is 308 g/mol. The quantitative estimate of drug-likeness (QED) is 0.607. The second-order valence-electron chi connectivity index (χ2n) is 5.16. The van der Waals surface area contributed by atoms with Gasteiger partial charge in [-0.1, -0.05) is 37.3 Å². The number of nitrogens with zero attached hydrogens (tertiary/aromatic N) is 1. The topological polar surface area (TPSA) is 89.9 Å². The van der Waals surface area contributed by atoms with Gasteiger partial charge in [0.25, 0.3) is 0 Å². The van der Waals surface area contributed by atoms with Crippen molar-refractivity contribution in [2.75, 3.05) is 13.1 Å². The Balaban J connectivity index is 2.56. The van der Waals surface area contributed by atoms with Gasteiger partial charge in [0, 0.05) is 26.1 Å². The highest BCUT2D eigenvalue weighted by atomic mass is 16.4. The molecule has 0 aliphatic rings. The van der Waals surface area contributed by atoms with Crippen LogP contribution in [0.25, 0.3) is 0 Å². The fraction of sp³-hybridized carbons (Fsp3) is 0.500. The van der Waals surface area contributed by atoms with E-state index in [9.17, 15) is 14.7 Å². The zero-order valence-corrected chi connectivity index (χ0v) is 12.9. The maximum absolute atomic E-state index is 12.2. The average Bonchev–Trinajstić information content (AvgIpc) is 2.51. The molecule has 3 N–H and O–H groups in total. The van der Waals surface area contributed by atoms with Crippen molar-refractivity contribution in [3.63, 3.8) is 0 Å². The number of aliphatic hydroxyl groups is 1. The molecule has 1 unspecified atom stereocenters. The smallest absolute Gasteiger partial charge is 0.317 e. The van der Waals surface area contributed by atoms with E-state index in [0.717, 1.165) is 5.56 Å². The van der Waals surface area contributed by atoms with Crippen LogP contribution >= 0.6 is 0 Å². The summed E-state index contributed by atoms with van der Waals surface area (Å²) in [7, 11) is 0. The molecule has 2 amide bonds. The van der Waals surface area contributed by atoms with Crippen LogP contribution in [0.5, 0.6) is 0 Å². The Bertz CT molecular complexity index is 464. The van der Waals surface area contributed by atoms with Crippen molar-refractivity contribution in [1.82, 2.24) is 10.2 Å². The van der Waals surface area contributed by atoms with Gasteiger partial charge in [0.1, 0.15) is 0 Å². The molecule has 1 rings (SSSR count). The van der Waals surface area contributed by atoms with Crippen LogP contribution in [0.15, 0.2) is 30.3 Å². The van der Waals surface area contributed by atoms with Crippen molar-refractivity contribution in [2.24, 2.45) is 0 Å². The number of amides is 2. The largest absolute Gasteiger partial charge is 0.481 e. The summed E-state index contributed by atoms with van der Waals surface area (Å²) in [5.41, 5.74) is 0.978. The molecule has 0 spiro atoms. The van der Waals surface area contributed by atoms with Crippen LogP contribution in [0.4, 0.5) is 4.79 Å². The van der Waals surface area contributed by atoms with E-state index in [4.69, 9.17) is 5.11 Å². The maximum atomic E-state index is 12.2. The maximum Gasteiger partial charge on any atom is 0.317 e. The Labute approximate surface area is 130 Å². The summed E-state index contributed by atoms with van der Waals surface area (Å²) in [6.07, 6.45) is 0.401. The van der Waals surface area contributed by atoms with Gasteiger partial charge in [0.2, 0.25) is 0 Å². The summed E-state index contributed by atoms with van der Waals surface area (Å²) in [6.45, 7) is 2.81. The molecule has 0 heterocycles. The van der Waals surface area contributed by atoms with Gasteiger partial charge in [0.05, 0.1) is 6.10 Å². The van der Waals surface area contributed by atoms with Crippen molar-refractivity contribution < 1.29 is 19.8 Å². The third-order valence-corrected chi connectivity index (χ3v) is 3.25. The lowest BCUT2D eigenvalue weighted by atomic mass is 10.2. The third kappa shape index (κ3) is 7.08. The predicted octanol–water partition coefficient (Wildman–Crippen LogP) is 1.83. The van der Waals surface area contributed by atoms with Gasteiger partial charge in [-0.15, -0.1) is 0 Å². The van der Waals surface area contributed by atoms with Crippen LogP contribution in [-0.4, -0.2) is 46.3 Å². The molecule has 122 valence electrons. The SMILES string of the molecule is CCC(O)CN(Cc1ccccc1)C(=O)NCCCC(=O)O. The second kappa shape index (κ2) is 9.78. The molecule has 1 atom stereocenters. The Kier molecular flexibility index (Phi) is 7.99. The number of carbonyl (C=O) groups excluding carboxylic acids is 1. The first-order chi connectivity index (χ1) is 10.5. The molecule has 1 aromatic rings. The first kappa shape index (κ1) is 18.0. The van der Waals surface area contributed by atoms with Crippen LogP contribution in [0, 0.1) is 0 Å². The number of benzene rings is 1. The van der Waals surface area contributed by atoms with E-state index >= 15 is 0 Å². The van der Waals surface area contributed by atoms with Gasteiger partial charge < -0.3 is 20.4 Å². The fourth-order valence-electron chi connectivity index (χ4n) is 1.95. The van der Waals surface area contributed by atoms with E-state index in [-0.39, 0.29) is 19.0 Å². The Morgan fingerprint density at radius 3 is 2.55 bits per heavy atom. The molecule has 6 heteroatoms. The predicted molar refractivity (Wildman–Crippen MR) is 83.4 cm³/mol. The lowest BCUT2D eigenvalue weighted by Crippen LogP contribution is -2.43. The minimum atomic E-state index is -0.878. The van der Waals surface area contributed by atoms with Gasteiger partial charge >= 0.3 is 12.0 Å². The van der Waals surface area contributed by atoms with Gasteiger partial charge in [-0.2, -0.15) is 0 Å². The molecule has 0 fully saturated rings. The number of nitrogens with one attached hydrogen (secondary N) is 1. The highest BCUT2D eigenvalue weighted by molar-refractivity contribution is 5.74. The summed E-state index contributed by atoms with van der Waals surface area (Å²) >= 11 is 0. The van der Waals surface area contributed by atoms with Gasteiger partial charge in [-0.05, 0) is 18.4 Å². The second-order valence-corrected chi connectivity index (χ2v) is 5.16. The first-order valence-electron chi connectivity index (χ1n) is 7.49. The van der Waals surface area contributed by atoms with Crippen molar-refractivity contribution in [1.29, 1.82) is 0 Å². The number of hydrogen-bond acceptors (Lipinski definition) is 3. The number of aliphatic carboxylic acids is 1. The summed E-state index contributed by atoms with van der Waals surface area (Å²) in [5.74, 6) is -0.878. The number of carbonyl (C=O) groups is 2. The van der Waals surface area contributed by atoms with E-state index in [1.165, 1.54) is 0 Å². The highest BCUT2D eigenvalue weighted by Crippen LogP contribution is 2.07. The number of carboxylic acid groups (broad SMARTS) is 1. The van der Waals surface area contributed by atoms with Gasteiger partial charge in [0.15, 0.2) is 0 Å². The molecule has 22 heavy (non-hydrogen) atoms. The molecule has 0 bridgehead atoms. The standard InChI is InChI=1S/C16H24N2O4/c1-2-14(19)12-18(11-13-7-4-3-5-8-13)16(22)17-10-6-9-15(20)21/h3-5,7-8,14,19H,2,6,9-12H2,1H3,(H,17,22)(H,20,21). The zero-order valence-electron chi connectivity index (χ0n) is 12.9. The van der Waals surface area contributed by atoms with E-state index in [0.29, 0.717) is 25.9 Å². The molecule has 0 saturated carbocycles. The van der Waals surface area contributed by atoms with Gasteiger partial charge in [-0.3, -0.25) is 4.79 Å². The molecule has 0 radical (unpaired) electrons. The summed E-state index contributed by atoms with van der Waals surface area (Å²) in [5, 5.41) is 21.1. The molecule has 0 aliphatic carbocycles. The van der Waals surface area contributed by atoms with Crippen LogP contribution in [0.1, 0.15) is 31.7 Å². The van der Waals surface area contributed by atoms with E-state index in [1.807, 2.05) is 37.3 Å². The molecule has 0 saturated heterocycles. The Hall–Kier alpha value is -2.08. The highest BCUT2D eigenvalue weighted by Gasteiger charge is 2.16. The number of carboxylic acids is 1. The van der Waals surface area contributed by atoms with Crippen LogP contribution in [-0.2, 0) is 11.3 Å². The molecule has 0 aromatic heterocycles. The molecular formula is C16H24N2O4. The first-order valence-corrected chi connectivity index (χ1v) is 7.49. The van der Waals surface area contributed by atoms with Gasteiger partial charge in [-0.25, -0.2) is 4.79 Å². The van der Waals surface area contributed by atoms with E-state index < -0.39 is 12.1 Å².